The molecular weight excluding hydrogens is 651 g/mol. The zero-order valence-electron chi connectivity index (χ0n) is 20.2. The van der Waals surface area contributed by atoms with Gasteiger partial charge in [0.05, 0.1) is 6.42 Å². The van der Waals surface area contributed by atoms with Crippen LogP contribution in [0.2, 0.25) is 0 Å². The van der Waals surface area contributed by atoms with E-state index in [0.717, 1.165) is 37.5 Å². The first-order valence-electron chi connectivity index (χ1n) is 11.9. The van der Waals surface area contributed by atoms with Crippen molar-refractivity contribution in [2.24, 2.45) is 9.98 Å². The van der Waals surface area contributed by atoms with E-state index in [-0.39, 0.29) is 23.3 Å². The molecule has 0 amide bonds. The minimum absolute atomic E-state index is 0.00716. The molecule has 188 valence electrons. The third-order valence-corrected chi connectivity index (χ3v) is 7.11. The number of aliphatic imine (C=N–C) groups is 2. The Hall–Kier alpha value is -0.998. The average Bonchev–Trinajstić information content (AvgIpc) is 3.44. The van der Waals surface area contributed by atoms with Crippen LogP contribution in [-0.2, 0) is 23.4 Å². The second kappa shape index (κ2) is 12.8. The van der Waals surface area contributed by atoms with E-state index >= 15 is 0 Å². The summed E-state index contributed by atoms with van der Waals surface area (Å²) >= 11 is 6.80. The summed E-state index contributed by atoms with van der Waals surface area (Å²) in [4.78, 5) is 10.1. The van der Waals surface area contributed by atoms with Crippen molar-refractivity contribution in [3.63, 3.8) is 0 Å². The van der Waals surface area contributed by atoms with E-state index in [2.05, 4.69) is 103 Å². The summed E-state index contributed by atoms with van der Waals surface area (Å²) in [6, 6.07) is 21.0. The molecule has 34 heavy (non-hydrogen) atoms. The quantitative estimate of drug-likeness (QED) is 0.262. The molecule has 2 atom stereocenters. The van der Waals surface area contributed by atoms with E-state index in [1.165, 1.54) is 11.1 Å². The van der Waals surface area contributed by atoms with Gasteiger partial charge in [0, 0.05) is 0 Å². The van der Waals surface area contributed by atoms with Gasteiger partial charge >= 0.3 is 40.8 Å². The van der Waals surface area contributed by atoms with Crippen molar-refractivity contribution in [2.45, 2.75) is 83.1 Å². The van der Waals surface area contributed by atoms with Gasteiger partial charge in [-0.25, -0.2) is 9.98 Å². The maximum atomic E-state index is 6.54. The van der Waals surface area contributed by atoms with Gasteiger partial charge in [0.2, 0.25) is 0 Å². The van der Waals surface area contributed by atoms with Crippen LogP contribution in [0.15, 0.2) is 70.6 Å². The molecule has 0 N–H and O–H groups in total. The first-order chi connectivity index (χ1) is 16.5. The Morgan fingerprint density at radius 1 is 0.676 bits per heavy atom. The first kappa shape index (κ1) is 27.6. The van der Waals surface area contributed by atoms with E-state index in [4.69, 9.17) is 19.5 Å². The van der Waals surface area contributed by atoms with Crippen LogP contribution in [0.3, 0.4) is 0 Å². The molecular formula is C27H34Br2N2O2Pd. The molecule has 2 aromatic rings. The standard InChI is InChI=1S/C27H34N2O2.2BrH.Pd/c1-5-26(6-2)24(20-15-11-9-12-16-20)28-22(30-26)19-23-29-25(21-17-13-10-14-18-21)27(7-3,8-4)31-23;;;/h9-18,24-25H,5-8,19H2,1-4H3;2*1H;/q;;;+2/p-2/t24-,25-;;;/m1.../s1. The summed E-state index contributed by atoms with van der Waals surface area (Å²) < 4.78 is 13.1. The van der Waals surface area contributed by atoms with Gasteiger partial charge in [-0.1, -0.05) is 88.4 Å². The molecule has 4 nitrogen and oxygen atoms in total. The number of ether oxygens (including phenoxy) is 2. The summed E-state index contributed by atoms with van der Waals surface area (Å²) in [5.74, 6) is 1.48. The molecule has 2 heterocycles. The summed E-state index contributed by atoms with van der Waals surface area (Å²) in [5.41, 5.74) is 1.80. The zero-order chi connectivity index (χ0) is 24.6. The maximum absolute atomic E-state index is 6.54. The number of nitrogens with zero attached hydrogens (tertiary/aromatic N) is 2. The third kappa shape index (κ3) is 5.86. The molecule has 7 heteroatoms. The molecule has 0 radical (unpaired) electrons. The topological polar surface area (TPSA) is 43.2 Å². The summed E-state index contributed by atoms with van der Waals surface area (Å²) in [6.45, 7) is 8.75. The van der Waals surface area contributed by atoms with Crippen LogP contribution in [0.4, 0.5) is 0 Å². The first-order valence-corrected chi connectivity index (χ1v) is 19.1. The third-order valence-electron chi connectivity index (χ3n) is 7.11. The van der Waals surface area contributed by atoms with Crippen LogP contribution < -0.4 is 0 Å². The van der Waals surface area contributed by atoms with Crippen LogP contribution >= 0.6 is 26.9 Å². The number of hydrogen-bond acceptors (Lipinski definition) is 4. The van der Waals surface area contributed by atoms with Gasteiger partial charge in [-0.2, -0.15) is 0 Å². The van der Waals surface area contributed by atoms with Crippen LogP contribution in [0, 0.1) is 0 Å². The van der Waals surface area contributed by atoms with Crippen molar-refractivity contribution in [1.29, 1.82) is 0 Å². The van der Waals surface area contributed by atoms with Crippen LogP contribution in [0.1, 0.15) is 83.0 Å². The van der Waals surface area contributed by atoms with E-state index in [0.29, 0.717) is 20.4 Å². The Morgan fingerprint density at radius 3 is 1.29 bits per heavy atom. The van der Waals surface area contributed by atoms with E-state index < -0.39 is 0 Å². The number of halogens is 2. The van der Waals surface area contributed by atoms with E-state index in [1.54, 1.807) is 0 Å². The zero-order valence-corrected chi connectivity index (χ0v) is 25.0. The fourth-order valence-corrected chi connectivity index (χ4v) is 5.04. The molecule has 0 aliphatic carbocycles. The molecule has 2 aliphatic rings. The molecule has 0 spiro atoms. The molecule has 0 bridgehead atoms. The molecule has 0 saturated heterocycles. The summed E-state index contributed by atoms with van der Waals surface area (Å²) in [5, 5.41) is 0. The van der Waals surface area contributed by atoms with Crippen molar-refractivity contribution in [1.82, 2.24) is 0 Å². The molecule has 2 aromatic carbocycles. The van der Waals surface area contributed by atoms with Gasteiger partial charge in [-0.3, -0.25) is 0 Å². The summed E-state index contributed by atoms with van der Waals surface area (Å²) in [6.07, 6.45) is 4.14. The van der Waals surface area contributed by atoms with Crippen LogP contribution in [-0.4, -0.2) is 23.0 Å². The van der Waals surface area contributed by atoms with Gasteiger partial charge in [-0.05, 0) is 36.8 Å². The van der Waals surface area contributed by atoms with Crippen molar-refractivity contribution in [3.8, 4) is 0 Å². The summed E-state index contributed by atoms with van der Waals surface area (Å²) in [7, 11) is 0. The molecule has 0 fully saturated rings. The molecule has 0 saturated carbocycles. The van der Waals surface area contributed by atoms with E-state index in [1.807, 2.05) is 12.1 Å². The predicted molar refractivity (Wildman–Crippen MR) is 145 cm³/mol. The van der Waals surface area contributed by atoms with Crippen molar-refractivity contribution >= 4 is 38.7 Å². The van der Waals surface area contributed by atoms with Crippen molar-refractivity contribution in [3.05, 3.63) is 71.8 Å². The molecule has 0 unspecified atom stereocenters. The molecule has 2 aliphatic heterocycles. The van der Waals surface area contributed by atoms with Gasteiger partial charge < -0.3 is 9.47 Å². The number of benzene rings is 2. The van der Waals surface area contributed by atoms with Crippen molar-refractivity contribution in [2.75, 3.05) is 0 Å². The Balaban J connectivity index is 0.00000103. The average molecular weight is 685 g/mol. The Bertz CT molecular complexity index is 884. The molecule has 4 rings (SSSR count). The van der Waals surface area contributed by atoms with Crippen LogP contribution in [0.5, 0.6) is 0 Å². The minimum atomic E-state index is -0.304. The number of rotatable bonds is 8. The van der Waals surface area contributed by atoms with Crippen LogP contribution in [0.25, 0.3) is 0 Å². The fourth-order valence-electron chi connectivity index (χ4n) is 5.04. The van der Waals surface area contributed by atoms with Gasteiger partial charge in [0.25, 0.3) is 0 Å². The van der Waals surface area contributed by atoms with Crippen molar-refractivity contribution < 1.29 is 23.4 Å². The Morgan fingerprint density at radius 2 is 1.00 bits per heavy atom. The van der Waals surface area contributed by atoms with Gasteiger partial charge in [0.1, 0.15) is 23.3 Å². The Kier molecular flexibility index (Phi) is 10.4. The SMILES string of the molecule is CCC1(CC)OC(CC2=N[C@H](c3ccccc3)C(CC)(CC)O2)=N[C@@H]1c1ccccc1.[Br][Pd][Br]. The van der Waals surface area contributed by atoms with Gasteiger partial charge in [-0.15, -0.1) is 0 Å². The fraction of sp³-hybridized carbons (Fsp3) is 0.481. The monoisotopic (exact) mass is 682 g/mol. The second-order valence-corrected chi connectivity index (χ2v) is 15.8. The van der Waals surface area contributed by atoms with Gasteiger partial charge in [0.15, 0.2) is 11.8 Å². The second-order valence-electron chi connectivity index (χ2n) is 8.64. The predicted octanol–water partition coefficient (Wildman–Crippen LogP) is 8.52. The Labute approximate surface area is 225 Å². The van der Waals surface area contributed by atoms with E-state index in [9.17, 15) is 0 Å². The normalized spacial score (nSPS) is 22.2. The molecule has 0 aromatic heterocycles. The number of hydrogen-bond donors (Lipinski definition) is 0.